The topological polar surface area (TPSA) is 98.5 Å². The molecule has 1 heterocycles. The van der Waals surface area contributed by atoms with Crippen LogP contribution in [0.2, 0.25) is 0 Å². The minimum atomic E-state index is -3.92. The highest BCUT2D eigenvalue weighted by atomic mass is 32.2. The average Bonchev–Trinajstić information content (AvgIpc) is 2.38. The van der Waals surface area contributed by atoms with Crippen molar-refractivity contribution in [2.75, 3.05) is 13.2 Å². The molecule has 0 amide bonds. The summed E-state index contributed by atoms with van der Waals surface area (Å²) in [7, 11) is -3.92. The van der Waals surface area contributed by atoms with E-state index in [1.54, 1.807) is 0 Å². The lowest BCUT2D eigenvalue weighted by molar-refractivity contribution is -0.387. The third kappa shape index (κ3) is 3.30. The largest absolute Gasteiger partial charge is 0.380 e. The number of hydrogen-bond acceptors (Lipinski definition) is 5. The van der Waals surface area contributed by atoms with Gasteiger partial charge in [-0.05, 0) is 18.9 Å². The maximum absolute atomic E-state index is 13.5. The van der Waals surface area contributed by atoms with Crippen molar-refractivity contribution in [2.24, 2.45) is 0 Å². The minimum absolute atomic E-state index is 0.259. The van der Waals surface area contributed by atoms with Gasteiger partial charge in [-0.2, -0.15) is 4.39 Å². The Labute approximate surface area is 114 Å². The number of nitro groups is 1. The van der Waals surface area contributed by atoms with Gasteiger partial charge in [0.15, 0.2) is 0 Å². The number of sulfonamides is 1. The molecule has 7 nitrogen and oxygen atoms in total. The van der Waals surface area contributed by atoms with Crippen molar-refractivity contribution in [1.82, 2.24) is 4.72 Å². The van der Waals surface area contributed by atoms with Crippen LogP contribution >= 0.6 is 0 Å². The number of benzene rings is 1. The van der Waals surface area contributed by atoms with Crippen molar-refractivity contribution in [1.29, 1.82) is 0 Å². The molecule has 1 aliphatic heterocycles. The highest BCUT2D eigenvalue weighted by Crippen LogP contribution is 2.21. The van der Waals surface area contributed by atoms with E-state index in [1.165, 1.54) is 0 Å². The lowest BCUT2D eigenvalue weighted by Crippen LogP contribution is -2.40. The number of ether oxygens (including phenoxy) is 1. The maximum atomic E-state index is 13.5. The van der Waals surface area contributed by atoms with Gasteiger partial charge in [0.2, 0.25) is 15.8 Å². The molecule has 1 fully saturated rings. The zero-order valence-corrected chi connectivity index (χ0v) is 11.2. The molecule has 0 aliphatic carbocycles. The monoisotopic (exact) mass is 304 g/mol. The van der Waals surface area contributed by atoms with Crippen LogP contribution in [-0.2, 0) is 14.8 Å². The molecule has 2 rings (SSSR count). The molecule has 20 heavy (non-hydrogen) atoms. The summed E-state index contributed by atoms with van der Waals surface area (Å²) in [6.07, 6.45) is 1.37. The number of rotatable bonds is 4. The third-order valence-electron chi connectivity index (χ3n) is 2.91. The number of nitrogens with zero attached hydrogens (tertiary/aromatic N) is 1. The molecule has 0 aromatic heterocycles. The second-order valence-electron chi connectivity index (χ2n) is 4.41. The number of nitrogens with one attached hydrogen (secondary N) is 1. The van der Waals surface area contributed by atoms with Crippen LogP contribution in [-0.4, -0.2) is 32.6 Å². The second kappa shape index (κ2) is 5.81. The molecule has 110 valence electrons. The normalized spacial score (nSPS) is 19.8. The van der Waals surface area contributed by atoms with Crippen LogP contribution in [0.15, 0.2) is 23.1 Å². The van der Waals surface area contributed by atoms with Crippen LogP contribution in [0.4, 0.5) is 10.1 Å². The Bertz CT molecular complexity index is 613. The van der Waals surface area contributed by atoms with Gasteiger partial charge in [0.1, 0.15) is 0 Å². The van der Waals surface area contributed by atoms with Crippen LogP contribution in [0.3, 0.4) is 0 Å². The van der Waals surface area contributed by atoms with Crippen LogP contribution in [0.1, 0.15) is 12.8 Å². The molecule has 1 aromatic carbocycles. The molecule has 0 saturated carbocycles. The molecular formula is C11H13FN2O5S. The van der Waals surface area contributed by atoms with Crippen molar-refractivity contribution < 1.29 is 22.5 Å². The van der Waals surface area contributed by atoms with Gasteiger partial charge in [-0.1, -0.05) is 0 Å². The molecule has 1 aliphatic rings. The zero-order valence-electron chi connectivity index (χ0n) is 10.4. The Kier molecular flexibility index (Phi) is 4.31. The molecule has 9 heteroatoms. The van der Waals surface area contributed by atoms with Gasteiger partial charge in [0.25, 0.3) is 0 Å². The molecule has 1 atom stereocenters. The Morgan fingerprint density at radius 3 is 2.75 bits per heavy atom. The summed E-state index contributed by atoms with van der Waals surface area (Å²) >= 11 is 0. The van der Waals surface area contributed by atoms with Crippen molar-refractivity contribution in [3.05, 3.63) is 34.1 Å². The quantitative estimate of drug-likeness (QED) is 0.665. The lowest BCUT2D eigenvalue weighted by Gasteiger charge is -2.22. The molecule has 0 bridgehead atoms. The molecule has 1 saturated heterocycles. The number of hydrogen-bond donors (Lipinski definition) is 1. The lowest BCUT2D eigenvalue weighted by atomic mass is 10.1. The van der Waals surface area contributed by atoms with Gasteiger partial charge in [0.05, 0.1) is 16.4 Å². The SMILES string of the molecule is O=[N+]([O-])c1ccc(S(=O)(=O)NC2CCCOC2)cc1F. The summed E-state index contributed by atoms with van der Waals surface area (Å²) in [5, 5.41) is 10.5. The molecule has 1 N–H and O–H groups in total. The summed E-state index contributed by atoms with van der Waals surface area (Å²) in [6.45, 7) is 0.846. The molecule has 0 spiro atoms. The molecule has 1 unspecified atom stereocenters. The van der Waals surface area contributed by atoms with E-state index < -0.39 is 26.5 Å². The summed E-state index contributed by atoms with van der Waals surface area (Å²) < 4.78 is 45.1. The van der Waals surface area contributed by atoms with Crippen molar-refractivity contribution in [2.45, 2.75) is 23.8 Å². The molecule has 1 aromatic rings. The summed E-state index contributed by atoms with van der Waals surface area (Å²) in [6, 6.07) is 2.12. The summed E-state index contributed by atoms with van der Waals surface area (Å²) in [5.41, 5.74) is -0.759. The zero-order chi connectivity index (χ0) is 14.8. The highest BCUT2D eigenvalue weighted by molar-refractivity contribution is 7.89. The first kappa shape index (κ1) is 14.8. The van der Waals surface area contributed by atoms with E-state index in [9.17, 15) is 22.9 Å². The highest BCUT2D eigenvalue weighted by Gasteiger charge is 2.24. The third-order valence-corrected chi connectivity index (χ3v) is 4.43. The average molecular weight is 304 g/mol. The van der Waals surface area contributed by atoms with Crippen LogP contribution in [0.5, 0.6) is 0 Å². The van der Waals surface area contributed by atoms with Crippen molar-refractivity contribution >= 4 is 15.7 Å². The number of nitro benzene ring substituents is 1. The van der Waals surface area contributed by atoms with Crippen LogP contribution in [0.25, 0.3) is 0 Å². The van der Waals surface area contributed by atoms with Gasteiger partial charge >= 0.3 is 5.69 Å². The Morgan fingerprint density at radius 2 is 2.20 bits per heavy atom. The second-order valence-corrected chi connectivity index (χ2v) is 6.12. The summed E-state index contributed by atoms with van der Waals surface area (Å²) in [4.78, 5) is 9.23. The fourth-order valence-corrected chi connectivity index (χ4v) is 3.19. The number of halogens is 1. The fourth-order valence-electron chi connectivity index (χ4n) is 1.92. The fraction of sp³-hybridized carbons (Fsp3) is 0.455. The van der Waals surface area contributed by atoms with Crippen LogP contribution in [0, 0.1) is 15.9 Å². The van der Waals surface area contributed by atoms with E-state index in [2.05, 4.69) is 4.72 Å². The van der Waals surface area contributed by atoms with E-state index in [4.69, 9.17) is 4.74 Å². The first-order valence-electron chi connectivity index (χ1n) is 5.94. The Balaban J connectivity index is 2.20. The first-order valence-corrected chi connectivity index (χ1v) is 7.42. The van der Waals surface area contributed by atoms with E-state index in [1.807, 2.05) is 0 Å². The molecule has 0 radical (unpaired) electrons. The maximum Gasteiger partial charge on any atom is 0.304 e. The molecular weight excluding hydrogens is 291 g/mol. The predicted octanol–water partition coefficient (Wildman–Crippen LogP) is 1.19. The van der Waals surface area contributed by atoms with E-state index >= 15 is 0 Å². The van der Waals surface area contributed by atoms with Gasteiger partial charge in [-0.25, -0.2) is 13.1 Å². The van der Waals surface area contributed by atoms with Gasteiger partial charge < -0.3 is 4.74 Å². The van der Waals surface area contributed by atoms with Gasteiger partial charge in [-0.3, -0.25) is 10.1 Å². The Hall–Kier alpha value is -1.58. The van der Waals surface area contributed by atoms with Gasteiger partial charge in [0, 0.05) is 24.8 Å². The van der Waals surface area contributed by atoms with E-state index in [0.29, 0.717) is 19.1 Å². The minimum Gasteiger partial charge on any atom is -0.380 e. The van der Waals surface area contributed by atoms with Gasteiger partial charge in [-0.15, -0.1) is 0 Å². The van der Waals surface area contributed by atoms with Crippen LogP contribution < -0.4 is 4.72 Å². The van der Waals surface area contributed by atoms with E-state index in [-0.39, 0.29) is 17.5 Å². The van der Waals surface area contributed by atoms with Crippen molar-refractivity contribution in [3.8, 4) is 0 Å². The smallest absolute Gasteiger partial charge is 0.304 e. The van der Waals surface area contributed by atoms with E-state index in [0.717, 1.165) is 18.6 Å². The first-order chi connectivity index (χ1) is 9.40. The summed E-state index contributed by atoms with van der Waals surface area (Å²) in [5.74, 6) is -1.18. The van der Waals surface area contributed by atoms with Crippen molar-refractivity contribution in [3.63, 3.8) is 0 Å². The predicted molar refractivity (Wildman–Crippen MR) is 67.2 cm³/mol. The Morgan fingerprint density at radius 1 is 1.45 bits per heavy atom. The standard InChI is InChI=1S/C11H13FN2O5S/c12-10-6-9(3-4-11(10)14(15)16)20(17,18)13-8-2-1-5-19-7-8/h3-4,6,8,13H,1-2,5,7H2.